The zero-order valence-corrected chi connectivity index (χ0v) is 14.6. The van der Waals surface area contributed by atoms with Crippen molar-refractivity contribution in [3.05, 3.63) is 35.4 Å². The van der Waals surface area contributed by atoms with E-state index in [1.165, 1.54) is 11.1 Å². The first-order valence-electron chi connectivity index (χ1n) is 8.92. The Morgan fingerprint density at radius 3 is 2.58 bits per heavy atom. The van der Waals surface area contributed by atoms with Crippen LogP contribution in [0.3, 0.4) is 0 Å². The molecule has 1 fully saturated rings. The van der Waals surface area contributed by atoms with Gasteiger partial charge >= 0.3 is 0 Å². The molecule has 5 nitrogen and oxygen atoms in total. The predicted octanol–water partition coefficient (Wildman–Crippen LogP) is 1.42. The van der Waals surface area contributed by atoms with Gasteiger partial charge in [0.25, 0.3) is 0 Å². The molecule has 1 aromatic rings. The second kappa shape index (κ2) is 7.34. The summed E-state index contributed by atoms with van der Waals surface area (Å²) in [6, 6.07) is 8.39. The molecule has 24 heavy (non-hydrogen) atoms. The van der Waals surface area contributed by atoms with Crippen LogP contribution in [0.1, 0.15) is 31.4 Å². The lowest BCUT2D eigenvalue weighted by atomic mass is 9.94. The zero-order chi connectivity index (χ0) is 17.1. The molecule has 5 heteroatoms. The second-order valence-electron chi connectivity index (χ2n) is 7.10. The van der Waals surface area contributed by atoms with E-state index >= 15 is 0 Å². The standard InChI is InChI=1S/C19H27N3O2/c1-14(2)18(19(24)21-11-8-17(23)20-9-12-21)22-10-7-15-5-3-4-6-16(15)13-22/h3-6,14,18H,7-13H2,1-2H3,(H,20,23)/t18-/m0/s1. The van der Waals surface area contributed by atoms with Crippen molar-refractivity contribution >= 4 is 11.8 Å². The molecule has 1 saturated heterocycles. The van der Waals surface area contributed by atoms with Gasteiger partial charge in [-0.3, -0.25) is 14.5 Å². The van der Waals surface area contributed by atoms with Gasteiger partial charge in [-0.25, -0.2) is 0 Å². The molecule has 1 aromatic carbocycles. The summed E-state index contributed by atoms with van der Waals surface area (Å²) in [5.41, 5.74) is 2.73. The summed E-state index contributed by atoms with van der Waals surface area (Å²) in [5.74, 6) is 0.453. The molecule has 0 spiro atoms. The van der Waals surface area contributed by atoms with Crippen molar-refractivity contribution in [1.82, 2.24) is 15.1 Å². The van der Waals surface area contributed by atoms with Gasteiger partial charge in [-0.1, -0.05) is 38.1 Å². The van der Waals surface area contributed by atoms with Crippen LogP contribution < -0.4 is 5.32 Å². The van der Waals surface area contributed by atoms with E-state index in [0.29, 0.717) is 26.1 Å². The topological polar surface area (TPSA) is 52.7 Å². The number of fused-ring (bicyclic) bond motifs is 1. The highest BCUT2D eigenvalue weighted by molar-refractivity contribution is 5.84. The Kier molecular flexibility index (Phi) is 5.19. The van der Waals surface area contributed by atoms with E-state index in [1.807, 2.05) is 4.90 Å². The minimum Gasteiger partial charge on any atom is -0.354 e. The molecule has 0 radical (unpaired) electrons. The molecule has 2 heterocycles. The molecule has 0 bridgehead atoms. The highest BCUT2D eigenvalue weighted by Crippen LogP contribution is 2.24. The van der Waals surface area contributed by atoms with Crippen molar-refractivity contribution in [1.29, 1.82) is 0 Å². The normalized spacial score (nSPS) is 20.3. The van der Waals surface area contributed by atoms with Crippen molar-refractivity contribution in [3.63, 3.8) is 0 Å². The van der Waals surface area contributed by atoms with Crippen molar-refractivity contribution in [2.75, 3.05) is 26.2 Å². The van der Waals surface area contributed by atoms with Gasteiger partial charge in [0.15, 0.2) is 0 Å². The van der Waals surface area contributed by atoms with Gasteiger partial charge in [0.1, 0.15) is 0 Å². The Bertz CT molecular complexity index is 614. The first-order chi connectivity index (χ1) is 11.6. The molecule has 2 amide bonds. The Balaban J connectivity index is 1.75. The van der Waals surface area contributed by atoms with Crippen LogP contribution in [0.25, 0.3) is 0 Å². The van der Waals surface area contributed by atoms with E-state index in [1.54, 1.807) is 0 Å². The van der Waals surface area contributed by atoms with Crippen LogP contribution in [-0.2, 0) is 22.6 Å². The lowest BCUT2D eigenvalue weighted by Crippen LogP contribution is -2.53. The number of carbonyl (C=O) groups excluding carboxylic acids is 2. The van der Waals surface area contributed by atoms with Gasteiger partial charge in [-0.15, -0.1) is 0 Å². The molecule has 0 aliphatic carbocycles. The molecule has 130 valence electrons. The lowest BCUT2D eigenvalue weighted by Gasteiger charge is -2.39. The summed E-state index contributed by atoms with van der Waals surface area (Å²) in [5, 5.41) is 2.84. The quantitative estimate of drug-likeness (QED) is 0.912. The van der Waals surface area contributed by atoms with E-state index in [9.17, 15) is 9.59 Å². The fourth-order valence-corrected chi connectivity index (χ4v) is 3.79. The number of amides is 2. The van der Waals surface area contributed by atoms with Crippen LogP contribution in [0.4, 0.5) is 0 Å². The summed E-state index contributed by atoms with van der Waals surface area (Å²) < 4.78 is 0. The van der Waals surface area contributed by atoms with Gasteiger partial charge in [-0.2, -0.15) is 0 Å². The monoisotopic (exact) mass is 329 g/mol. The summed E-state index contributed by atoms with van der Waals surface area (Å²) >= 11 is 0. The molecule has 2 aliphatic rings. The van der Waals surface area contributed by atoms with Gasteiger partial charge in [0.2, 0.25) is 11.8 Å². The molecule has 3 rings (SSSR count). The SMILES string of the molecule is CC(C)[C@@H](C(=O)N1CCNC(=O)CC1)N1CCc2ccccc2C1. The van der Waals surface area contributed by atoms with Gasteiger partial charge in [-0.05, 0) is 23.5 Å². The maximum atomic E-state index is 13.2. The van der Waals surface area contributed by atoms with Crippen molar-refractivity contribution in [2.24, 2.45) is 5.92 Å². The van der Waals surface area contributed by atoms with E-state index < -0.39 is 0 Å². The number of rotatable bonds is 3. The molecule has 1 N–H and O–H groups in total. The molecular weight excluding hydrogens is 302 g/mol. The summed E-state index contributed by atoms with van der Waals surface area (Å²) in [7, 11) is 0. The first-order valence-corrected chi connectivity index (χ1v) is 8.92. The third-order valence-electron chi connectivity index (χ3n) is 5.06. The Morgan fingerprint density at radius 1 is 1.08 bits per heavy atom. The van der Waals surface area contributed by atoms with Crippen molar-refractivity contribution in [3.8, 4) is 0 Å². The van der Waals surface area contributed by atoms with E-state index in [0.717, 1.165) is 19.5 Å². The lowest BCUT2D eigenvalue weighted by molar-refractivity contribution is -0.139. The number of nitrogens with one attached hydrogen (secondary N) is 1. The Morgan fingerprint density at radius 2 is 1.83 bits per heavy atom. The van der Waals surface area contributed by atoms with Crippen molar-refractivity contribution in [2.45, 2.75) is 39.3 Å². The number of nitrogens with zero attached hydrogens (tertiary/aromatic N) is 2. The summed E-state index contributed by atoms with van der Waals surface area (Å²) in [6.07, 6.45) is 1.39. The maximum Gasteiger partial charge on any atom is 0.240 e. The van der Waals surface area contributed by atoms with E-state index in [4.69, 9.17) is 0 Å². The fourth-order valence-electron chi connectivity index (χ4n) is 3.79. The molecule has 1 atom stereocenters. The second-order valence-corrected chi connectivity index (χ2v) is 7.10. The van der Waals surface area contributed by atoms with Crippen LogP contribution in [-0.4, -0.2) is 53.8 Å². The largest absolute Gasteiger partial charge is 0.354 e. The first kappa shape index (κ1) is 17.0. The molecule has 0 saturated carbocycles. The average Bonchev–Trinajstić information content (AvgIpc) is 2.79. The minimum absolute atomic E-state index is 0.0401. The summed E-state index contributed by atoms with van der Waals surface area (Å²) in [6.45, 7) is 7.66. The number of benzene rings is 1. The molecular formula is C19H27N3O2. The van der Waals surface area contributed by atoms with Crippen LogP contribution in [0, 0.1) is 5.92 Å². The smallest absolute Gasteiger partial charge is 0.240 e. The fraction of sp³-hybridized carbons (Fsp3) is 0.579. The number of hydrogen-bond donors (Lipinski definition) is 1. The predicted molar refractivity (Wildman–Crippen MR) is 93.4 cm³/mol. The number of hydrogen-bond acceptors (Lipinski definition) is 3. The molecule has 0 unspecified atom stereocenters. The van der Waals surface area contributed by atoms with Gasteiger partial charge in [0, 0.05) is 39.1 Å². The highest BCUT2D eigenvalue weighted by Gasteiger charge is 2.34. The Labute approximate surface area is 144 Å². The summed E-state index contributed by atoms with van der Waals surface area (Å²) in [4.78, 5) is 28.9. The van der Waals surface area contributed by atoms with Crippen molar-refractivity contribution < 1.29 is 9.59 Å². The molecule has 0 aromatic heterocycles. The average molecular weight is 329 g/mol. The third-order valence-corrected chi connectivity index (χ3v) is 5.06. The van der Waals surface area contributed by atoms with Crippen LogP contribution in [0.5, 0.6) is 0 Å². The van der Waals surface area contributed by atoms with E-state index in [2.05, 4.69) is 48.3 Å². The van der Waals surface area contributed by atoms with Crippen LogP contribution in [0.2, 0.25) is 0 Å². The van der Waals surface area contributed by atoms with Gasteiger partial charge < -0.3 is 10.2 Å². The number of carbonyl (C=O) groups is 2. The Hall–Kier alpha value is -1.88. The van der Waals surface area contributed by atoms with Gasteiger partial charge in [0.05, 0.1) is 6.04 Å². The van der Waals surface area contributed by atoms with E-state index in [-0.39, 0.29) is 23.8 Å². The highest BCUT2D eigenvalue weighted by atomic mass is 16.2. The maximum absolute atomic E-state index is 13.2. The third kappa shape index (κ3) is 3.61. The van der Waals surface area contributed by atoms with Crippen LogP contribution >= 0.6 is 0 Å². The molecule has 2 aliphatic heterocycles. The minimum atomic E-state index is -0.119. The zero-order valence-electron chi connectivity index (χ0n) is 14.6. The van der Waals surface area contributed by atoms with Crippen LogP contribution in [0.15, 0.2) is 24.3 Å².